The van der Waals surface area contributed by atoms with E-state index in [0.717, 1.165) is 48.5 Å². The van der Waals surface area contributed by atoms with E-state index in [0.29, 0.717) is 6.54 Å². The number of aromatic nitrogens is 2. The summed E-state index contributed by atoms with van der Waals surface area (Å²) in [6.45, 7) is 2.52. The Hall–Kier alpha value is -2.73. The summed E-state index contributed by atoms with van der Waals surface area (Å²) < 4.78 is 5.93. The van der Waals surface area contributed by atoms with Crippen LogP contribution in [-0.4, -0.2) is 39.0 Å². The van der Waals surface area contributed by atoms with Gasteiger partial charge in [-0.25, -0.2) is 9.78 Å². The Balaban J connectivity index is 1.49. The summed E-state index contributed by atoms with van der Waals surface area (Å²) in [7, 11) is 0. The van der Waals surface area contributed by atoms with E-state index in [4.69, 9.17) is 9.52 Å². The van der Waals surface area contributed by atoms with Crippen LogP contribution in [0.15, 0.2) is 47.1 Å². The van der Waals surface area contributed by atoms with Crippen LogP contribution in [0.1, 0.15) is 40.6 Å². The molecule has 3 heterocycles. The number of fused-ring (bicyclic) bond motifs is 1. The molecule has 0 spiro atoms. The molecule has 2 aromatic heterocycles. The van der Waals surface area contributed by atoms with E-state index < -0.39 is 5.97 Å². The average molecular weight is 337 g/mol. The van der Waals surface area contributed by atoms with Gasteiger partial charge in [0.15, 0.2) is 11.5 Å². The zero-order chi connectivity index (χ0) is 17.2. The van der Waals surface area contributed by atoms with Gasteiger partial charge < -0.3 is 9.52 Å². The van der Waals surface area contributed by atoms with Gasteiger partial charge in [-0.3, -0.25) is 9.88 Å². The molecule has 0 saturated carbocycles. The third kappa shape index (κ3) is 3.39. The number of nitrogens with zero attached hydrogens (tertiary/aromatic N) is 3. The largest absolute Gasteiger partial charge is 0.478 e. The molecule has 128 valence electrons. The van der Waals surface area contributed by atoms with Crippen LogP contribution < -0.4 is 0 Å². The van der Waals surface area contributed by atoms with Gasteiger partial charge >= 0.3 is 5.97 Å². The first-order chi connectivity index (χ1) is 12.2. The highest BCUT2D eigenvalue weighted by atomic mass is 16.4. The molecule has 25 heavy (non-hydrogen) atoms. The maximum Gasteiger partial charge on any atom is 0.337 e. The van der Waals surface area contributed by atoms with Crippen molar-refractivity contribution in [3.63, 3.8) is 0 Å². The van der Waals surface area contributed by atoms with E-state index >= 15 is 0 Å². The van der Waals surface area contributed by atoms with Crippen LogP contribution in [-0.2, 0) is 6.54 Å². The molecule has 0 radical (unpaired) electrons. The second-order valence-electron chi connectivity index (χ2n) is 6.48. The zero-order valence-corrected chi connectivity index (χ0v) is 13.8. The maximum atomic E-state index is 11.1. The number of carboxylic acids is 1. The molecule has 1 unspecified atom stereocenters. The molecule has 6 heteroatoms. The molecule has 0 aliphatic carbocycles. The third-order valence-corrected chi connectivity index (χ3v) is 4.61. The topological polar surface area (TPSA) is 79.5 Å². The zero-order valence-electron chi connectivity index (χ0n) is 13.8. The van der Waals surface area contributed by atoms with Gasteiger partial charge in [0.05, 0.1) is 5.56 Å². The first-order valence-electron chi connectivity index (χ1n) is 8.44. The van der Waals surface area contributed by atoms with Gasteiger partial charge in [0, 0.05) is 31.4 Å². The van der Waals surface area contributed by atoms with Gasteiger partial charge in [0.25, 0.3) is 0 Å². The van der Waals surface area contributed by atoms with Crippen molar-refractivity contribution in [1.82, 2.24) is 14.9 Å². The first kappa shape index (κ1) is 15.8. The molecular weight excluding hydrogens is 318 g/mol. The Morgan fingerprint density at radius 3 is 3.04 bits per heavy atom. The number of hydrogen-bond acceptors (Lipinski definition) is 5. The fourth-order valence-corrected chi connectivity index (χ4v) is 3.41. The van der Waals surface area contributed by atoms with Crippen LogP contribution in [0.25, 0.3) is 11.1 Å². The minimum absolute atomic E-state index is 0.227. The fourth-order valence-electron chi connectivity index (χ4n) is 3.41. The molecule has 1 aliphatic heterocycles. The van der Waals surface area contributed by atoms with Crippen LogP contribution in [0.4, 0.5) is 0 Å². The molecule has 0 bridgehead atoms. The van der Waals surface area contributed by atoms with Gasteiger partial charge in [0.2, 0.25) is 0 Å². The number of benzene rings is 1. The Morgan fingerprint density at radius 2 is 2.20 bits per heavy atom. The molecule has 1 N–H and O–H groups in total. The summed E-state index contributed by atoms with van der Waals surface area (Å²) in [4.78, 5) is 22.1. The van der Waals surface area contributed by atoms with E-state index in [9.17, 15) is 4.79 Å². The van der Waals surface area contributed by atoms with Crippen molar-refractivity contribution in [2.45, 2.75) is 25.3 Å². The highest BCUT2D eigenvalue weighted by Gasteiger charge is 2.25. The van der Waals surface area contributed by atoms with Crippen LogP contribution >= 0.6 is 0 Å². The minimum atomic E-state index is -0.947. The standard InChI is InChI=1S/C19H19N3O3/c23-19(24)15-8-13(9-20-10-15)11-22-7-3-4-14(12-22)18-21-16-5-1-2-6-17(16)25-18/h1-2,5-6,8-10,14H,3-4,7,11-12H2,(H,23,24). The van der Waals surface area contributed by atoms with Crippen LogP contribution in [0.3, 0.4) is 0 Å². The third-order valence-electron chi connectivity index (χ3n) is 4.61. The Kier molecular flexibility index (Phi) is 4.19. The molecule has 1 fully saturated rings. The summed E-state index contributed by atoms with van der Waals surface area (Å²) in [5, 5.41) is 9.10. The van der Waals surface area contributed by atoms with Crippen molar-refractivity contribution < 1.29 is 14.3 Å². The number of pyridine rings is 1. The van der Waals surface area contributed by atoms with Crippen molar-refractivity contribution in [3.05, 3.63) is 59.7 Å². The number of likely N-dealkylation sites (tertiary alicyclic amines) is 1. The van der Waals surface area contributed by atoms with Gasteiger partial charge in [-0.05, 0) is 43.1 Å². The number of piperidine rings is 1. The summed E-state index contributed by atoms with van der Waals surface area (Å²) in [6.07, 6.45) is 5.23. The highest BCUT2D eigenvalue weighted by molar-refractivity contribution is 5.87. The Bertz CT molecular complexity index is 873. The normalized spacial score (nSPS) is 18.5. The average Bonchev–Trinajstić information content (AvgIpc) is 3.06. The maximum absolute atomic E-state index is 11.1. The lowest BCUT2D eigenvalue weighted by molar-refractivity contribution is 0.0696. The lowest BCUT2D eigenvalue weighted by atomic mass is 9.97. The number of para-hydroxylation sites is 2. The van der Waals surface area contributed by atoms with E-state index in [1.54, 1.807) is 12.3 Å². The number of oxazole rings is 1. The van der Waals surface area contributed by atoms with E-state index in [-0.39, 0.29) is 11.5 Å². The monoisotopic (exact) mass is 337 g/mol. The molecule has 0 amide bonds. The molecule has 4 rings (SSSR count). The van der Waals surface area contributed by atoms with E-state index in [1.165, 1.54) is 6.20 Å². The summed E-state index contributed by atoms with van der Waals surface area (Å²) in [6, 6.07) is 9.51. The van der Waals surface area contributed by atoms with Crippen LogP contribution in [0.2, 0.25) is 0 Å². The van der Waals surface area contributed by atoms with E-state index in [2.05, 4.69) is 14.9 Å². The van der Waals surface area contributed by atoms with Crippen LogP contribution in [0, 0.1) is 0 Å². The van der Waals surface area contributed by atoms with Gasteiger partial charge in [-0.15, -0.1) is 0 Å². The number of rotatable bonds is 4. The second kappa shape index (κ2) is 6.64. The van der Waals surface area contributed by atoms with Crippen molar-refractivity contribution in [2.24, 2.45) is 0 Å². The van der Waals surface area contributed by atoms with Crippen molar-refractivity contribution >= 4 is 17.1 Å². The molecule has 6 nitrogen and oxygen atoms in total. The number of carbonyl (C=O) groups is 1. The second-order valence-corrected chi connectivity index (χ2v) is 6.48. The lowest BCUT2D eigenvalue weighted by Crippen LogP contribution is -2.34. The molecule has 1 saturated heterocycles. The fraction of sp³-hybridized carbons (Fsp3) is 0.316. The summed E-state index contributed by atoms with van der Waals surface area (Å²) >= 11 is 0. The molecule has 1 aromatic carbocycles. The molecule has 3 aromatic rings. The van der Waals surface area contributed by atoms with Gasteiger partial charge in [-0.2, -0.15) is 0 Å². The SMILES string of the molecule is O=C(O)c1cncc(CN2CCCC(c3nc4ccccc4o3)C2)c1. The molecular formula is C19H19N3O3. The Labute approximate surface area is 145 Å². The lowest BCUT2D eigenvalue weighted by Gasteiger charge is -2.31. The van der Waals surface area contributed by atoms with Crippen molar-refractivity contribution in [1.29, 1.82) is 0 Å². The summed E-state index contributed by atoms with van der Waals surface area (Å²) in [5.74, 6) is 0.109. The highest BCUT2D eigenvalue weighted by Crippen LogP contribution is 2.29. The smallest absolute Gasteiger partial charge is 0.337 e. The van der Waals surface area contributed by atoms with Crippen molar-refractivity contribution in [3.8, 4) is 0 Å². The van der Waals surface area contributed by atoms with Crippen molar-refractivity contribution in [2.75, 3.05) is 13.1 Å². The van der Waals surface area contributed by atoms with Gasteiger partial charge in [-0.1, -0.05) is 12.1 Å². The molecule has 1 atom stereocenters. The predicted molar refractivity (Wildman–Crippen MR) is 92.5 cm³/mol. The van der Waals surface area contributed by atoms with Crippen LogP contribution in [0.5, 0.6) is 0 Å². The number of aromatic carboxylic acids is 1. The number of hydrogen-bond donors (Lipinski definition) is 1. The first-order valence-corrected chi connectivity index (χ1v) is 8.44. The number of carboxylic acid groups (broad SMARTS) is 1. The quantitative estimate of drug-likeness (QED) is 0.787. The minimum Gasteiger partial charge on any atom is -0.478 e. The molecule has 1 aliphatic rings. The summed E-state index contributed by atoms with van der Waals surface area (Å²) in [5.41, 5.74) is 2.86. The van der Waals surface area contributed by atoms with Gasteiger partial charge in [0.1, 0.15) is 5.52 Å². The van der Waals surface area contributed by atoms with E-state index in [1.807, 2.05) is 24.3 Å². The predicted octanol–water partition coefficient (Wildman–Crippen LogP) is 3.30. The Morgan fingerprint density at radius 1 is 1.32 bits per heavy atom.